The van der Waals surface area contributed by atoms with E-state index in [2.05, 4.69) is 38.2 Å². The molecule has 1 aromatic rings. The van der Waals surface area contributed by atoms with Gasteiger partial charge in [0, 0.05) is 11.6 Å². The normalized spacial score (nSPS) is 13.4. The lowest BCUT2D eigenvalue weighted by Gasteiger charge is -2.15. The van der Waals surface area contributed by atoms with Gasteiger partial charge in [-0.25, -0.2) is 0 Å². The highest BCUT2D eigenvalue weighted by Crippen LogP contribution is 2.21. The zero-order valence-electron chi connectivity index (χ0n) is 12.0. The molecule has 0 saturated carbocycles. The second kappa shape index (κ2) is 7.93. The quantitative estimate of drug-likeness (QED) is 0.789. The predicted octanol–water partition coefficient (Wildman–Crippen LogP) is 3.88. The number of benzene rings is 1. The van der Waals surface area contributed by atoms with Crippen molar-refractivity contribution >= 4 is 6.08 Å². The van der Waals surface area contributed by atoms with Gasteiger partial charge in [0.1, 0.15) is 5.75 Å². The molecule has 0 fully saturated rings. The smallest absolute Gasteiger partial charge is 0.126 e. The first-order valence-electron chi connectivity index (χ1n) is 6.82. The molecule has 0 aliphatic heterocycles. The van der Waals surface area contributed by atoms with Crippen LogP contribution >= 0.6 is 0 Å². The summed E-state index contributed by atoms with van der Waals surface area (Å²) in [5.74, 6) is 0.960. The highest BCUT2D eigenvalue weighted by molar-refractivity contribution is 5.60. The van der Waals surface area contributed by atoms with Crippen molar-refractivity contribution in [3.8, 4) is 5.75 Å². The summed E-state index contributed by atoms with van der Waals surface area (Å²) in [4.78, 5) is 0. The van der Waals surface area contributed by atoms with Gasteiger partial charge < -0.3 is 10.1 Å². The highest BCUT2D eigenvalue weighted by Gasteiger charge is 2.05. The fourth-order valence-corrected chi connectivity index (χ4v) is 1.78. The summed E-state index contributed by atoms with van der Waals surface area (Å²) in [6.07, 6.45) is 3.37. The van der Waals surface area contributed by atoms with E-state index in [-0.39, 0.29) is 0 Å². The lowest BCUT2D eigenvalue weighted by Crippen LogP contribution is -2.27. The van der Waals surface area contributed by atoms with Gasteiger partial charge in [0.05, 0.1) is 6.61 Å². The van der Waals surface area contributed by atoms with E-state index in [0.717, 1.165) is 24.3 Å². The Balaban J connectivity index is 2.80. The molecule has 0 amide bonds. The van der Waals surface area contributed by atoms with Crippen molar-refractivity contribution in [3.05, 3.63) is 35.4 Å². The Labute approximate surface area is 111 Å². The summed E-state index contributed by atoms with van der Waals surface area (Å²) in [5.41, 5.74) is 2.48. The van der Waals surface area contributed by atoms with Crippen LogP contribution in [0.3, 0.4) is 0 Å². The zero-order chi connectivity index (χ0) is 13.4. The molecular weight excluding hydrogens is 222 g/mol. The number of ether oxygens (including phenoxy) is 1. The van der Waals surface area contributed by atoms with Crippen LogP contribution in [0.5, 0.6) is 5.75 Å². The molecule has 0 aliphatic carbocycles. The molecule has 1 unspecified atom stereocenters. The third-order valence-electron chi connectivity index (χ3n) is 2.99. The topological polar surface area (TPSA) is 21.3 Å². The Morgan fingerprint density at radius 1 is 1.33 bits per heavy atom. The highest BCUT2D eigenvalue weighted by atomic mass is 16.5. The van der Waals surface area contributed by atoms with E-state index in [4.69, 9.17) is 4.74 Å². The Bertz CT molecular complexity index is 384. The van der Waals surface area contributed by atoms with E-state index >= 15 is 0 Å². The molecule has 0 aliphatic rings. The van der Waals surface area contributed by atoms with Crippen LogP contribution in [0.15, 0.2) is 29.8 Å². The van der Waals surface area contributed by atoms with E-state index in [1.165, 1.54) is 5.57 Å². The van der Waals surface area contributed by atoms with Crippen molar-refractivity contribution in [2.75, 3.05) is 13.2 Å². The van der Waals surface area contributed by atoms with Gasteiger partial charge in [-0.1, -0.05) is 36.8 Å². The van der Waals surface area contributed by atoms with Crippen LogP contribution < -0.4 is 10.1 Å². The number of nitrogens with one attached hydrogen (secondary N) is 1. The lowest BCUT2D eigenvalue weighted by molar-refractivity contribution is 0.339. The van der Waals surface area contributed by atoms with Crippen molar-refractivity contribution in [2.24, 2.45) is 0 Å². The Morgan fingerprint density at radius 3 is 2.72 bits per heavy atom. The SMILES string of the molecule is CCCNC(C)/C(C)=C/c1ccccc1OCC. The first-order valence-corrected chi connectivity index (χ1v) is 6.82. The van der Waals surface area contributed by atoms with Crippen molar-refractivity contribution in [1.29, 1.82) is 0 Å². The molecule has 18 heavy (non-hydrogen) atoms. The molecule has 1 N–H and O–H groups in total. The molecule has 2 nitrogen and oxygen atoms in total. The largest absolute Gasteiger partial charge is 0.493 e. The maximum absolute atomic E-state index is 5.63. The molecule has 0 saturated heterocycles. The summed E-state index contributed by atoms with van der Waals surface area (Å²) in [5, 5.41) is 3.49. The maximum atomic E-state index is 5.63. The number of rotatable bonds is 7. The second-order valence-corrected chi connectivity index (χ2v) is 4.54. The predicted molar refractivity (Wildman–Crippen MR) is 79.0 cm³/mol. The molecular formula is C16H25NO. The number of para-hydroxylation sites is 1. The third-order valence-corrected chi connectivity index (χ3v) is 2.99. The second-order valence-electron chi connectivity index (χ2n) is 4.54. The van der Waals surface area contributed by atoms with Crippen molar-refractivity contribution < 1.29 is 4.74 Å². The van der Waals surface area contributed by atoms with E-state index in [9.17, 15) is 0 Å². The van der Waals surface area contributed by atoms with Gasteiger partial charge >= 0.3 is 0 Å². The number of hydrogen-bond acceptors (Lipinski definition) is 2. The van der Waals surface area contributed by atoms with Crippen molar-refractivity contribution in [2.45, 2.75) is 40.2 Å². The summed E-state index contributed by atoms with van der Waals surface area (Å²) in [6, 6.07) is 8.58. The van der Waals surface area contributed by atoms with Gasteiger partial charge in [0.2, 0.25) is 0 Å². The Morgan fingerprint density at radius 2 is 2.06 bits per heavy atom. The molecule has 0 radical (unpaired) electrons. The zero-order valence-corrected chi connectivity index (χ0v) is 12.0. The molecule has 1 aromatic carbocycles. The van der Waals surface area contributed by atoms with Gasteiger partial charge in [-0.15, -0.1) is 0 Å². The summed E-state index contributed by atoms with van der Waals surface area (Å²) in [7, 11) is 0. The standard InChI is InChI=1S/C16H25NO/c1-5-11-17-14(4)13(3)12-15-9-7-8-10-16(15)18-6-2/h7-10,12,14,17H,5-6,11H2,1-4H3/b13-12+. The maximum Gasteiger partial charge on any atom is 0.126 e. The minimum atomic E-state index is 0.402. The number of hydrogen-bond donors (Lipinski definition) is 1. The molecule has 0 aromatic heterocycles. The Kier molecular flexibility index (Phi) is 6.51. The minimum absolute atomic E-state index is 0.402. The van der Waals surface area contributed by atoms with Gasteiger partial charge in [-0.2, -0.15) is 0 Å². The first kappa shape index (κ1) is 14.8. The van der Waals surface area contributed by atoms with Crippen LogP contribution in [-0.4, -0.2) is 19.2 Å². The van der Waals surface area contributed by atoms with Crippen molar-refractivity contribution in [3.63, 3.8) is 0 Å². The average Bonchev–Trinajstić information content (AvgIpc) is 2.38. The van der Waals surface area contributed by atoms with E-state index in [1.54, 1.807) is 0 Å². The van der Waals surface area contributed by atoms with Crippen LogP contribution in [0.25, 0.3) is 6.08 Å². The third kappa shape index (κ3) is 4.53. The van der Waals surface area contributed by atoms with Crippen LogP contribution in [0.4, 0.5) is 0 Å². The van der Waals surface area contributed by atoms with E-state index in [0.29, 0.717) is 12.6 Å². The summed E-state index contributed by atoms with van der Waals surface area (Å²) in [6.45, 7) is 10.3. The van der Waals surface area contributed by atoms with Crippen LogP contribution in [0.1, 0.15) is 39.7 Å². The molecule has 0 heterocycles. The molecule has 2 heteroatoms. The van der Waals surface area contributed by atoms with E-state index in [1.807, 2.05) is 25.1 Å². The van der Waals surface area contributed by atoms with Gasteiger partial charge in [-0.3, -0.25) is 0 Å². The molecule has 0 spiro atoms. The molecule has 0 bridgehead atoms. The molecule has 1 rings (SSSR count). The summed E-state index contributed by atoms with van der Waals surface area (Å²) >= 11 is 0. The molecule has 100 valence electrons. The van der Waals surface area contributed by atoms with Crippen molar-refractivity contribution in [1.82, 2.24) is 5.32 Å². The van der Waals surface area contributed by atoms with Crippen LogP contribution in [-0.2, 0) is 0 Å². The van der Waals surface area contributed by atoms with E-state index < -0.39 is 0 Å². The first-order chi connectivity index (χ1) is 8.69. The Hall–Kier alpha value is -1.28. The van der Waals surface area contributed by atoms with Crippen LogP contribution in [0, 0.1) is 0 Å². The fraction of sp³-hybridized carbons (Fsp3) is 0.500. The van der Waals surface area contributed by atoms with Gasteiger partial charge in [0.15, 0.2) is 0 Å². The summed E-state index contributed by atoms with van der Waals surface area (Å²) < 4.78 is 5.63. The molecule has 1 atom stereocenters. The lowest BCUT2D eigenvalue weighted by atomic mass is 10.1. The van der Waals surface area contributed by atoms with Gasteiger partial charge in [0.25, 0.3) is 0 Å². The van der Waals surface area contributed by atoms with Gasteiger partial charge in [-0.05, 0) is 39.8 Å². The monoisotopic (exact) mass is 247 g/mol. The minimum Gasteiger partial charge on any atom is -0.493 e. The average molecular weight is 247 g/mol. The fourth-order valence-electron chi connectivity index (χ4n) is 1.78. The van der Waals surface area contributed by atoms with Crippen LogP contribution in [0.2, 0.25) is 0 Å².